The van der Waals surface area contributed by atoms with Gasteiger partial charge in [0.1, 0.15) is 0 Å². The van der Waals surface area contributed by atoms with E-state index in [0.717, 1.165) is 11.0 Å². The molecule has 0 N–H and O–H groups in total. The van der Waals surface area contributed by atoms with Crippen LogP contribution < -0.4 is 4.90 Å². The van der Waals surface area contributed by atoms with Crippen LogP contribution in [0.5, 0.6) is 0 Å². The minimum atomic E-state index is 0.315. The summed E-state index contributed by atoms with van der Waals surface area (Å²) in [4.78, 5) is 3.71. The average Bonchev–Trinajstić information content (AvgIpc) is 2.05. The molecule has 0 atom stereocenters. The highest BCUT2D eigenvalue weighted by Gasteiger charge is 2.28. The second kappa shape index (κ2) is 3.46. The molecule has 0 aromatic heterocycles. The number of hydrogen-bond donors (Lipinski definition) is 0. The first-order valence-electron chi connectivity index (χ1n) is 4.68. The van der Waals surface area contributed by atoms with Crippen LogP contribution in [0.4, 0.5) is 5.69 Å². The van der Waals surface area contributed by atoms with E-state index < -0.39 is 0 Å². The van der Waals surface area contributed by atoms with Gasteiger partial charge >= 0.3 is 0 Å². The summed E-state index contributed by atoms with van der Waals surface area (Å²) in [7, 11) is 2.16. The highest BCUT2D eigenvalue weighted by atomic mass is 79.9. The van der Waals surface area contributed by atoms with Crippen LogP contribution in [0, 0.1) is 0 Å². The van der Waals surface area contributed by atoms with Gasteiger partial charge in [-0.05, 0) is 32.0 Å². The lowest BCUT2D eigenvalue weighted by Gasteiger charge is -2.38. The fraction of sp³-hybridized carbons (Fsp3) is 0.455. The molecule has 0 spiro atoms. The van der Waals surface area contributed by atoms with E-state index >= 15 is 0 Å². The SMILES string of the molecule is CN1CC(C)(C)Sc2ccc(Br)cc21. The van der Waals surface area contributed by atoms with Crippen molar-refractivity contribution in [3.63, 3.8) is 0 Å². The van der Waals surface area contributed by atoms with Crippen molar-refractivity contribution in [2.45, 2.75) is 23.5 Å². The van der Waals surface area contributed by atoms with Crippen LogP contribution in [-0.2, 0) is 0 Å². The van der Waals surface area contributed by atoms with E-state index in [0.29, 0.717) is 4.75 Å². The van der Waals surface area contributed by atoms with Crippen LogP contribution in [0.25, 0.3) is 0 Å². The Labute approximate surface area is 98.0 Å². The Morgan fingerprint density at radius 2 is 2.14 bits per heavy atom. The van der Waals surface area contributed by atoms with Crippen molar-refractivity contribution in [3.05, 3.63) is 22.7 Å². The molecule has 0 saturated heterocycles. The molecule has 0 aliphatic carbocycles. The topological polar surface area (TPSA) is 3.24 Å². The van der Waals surface area contributed by atoms with Gasteiger partial charge in [0.2, 0.25) is 0 Å². The molecule has 76 valence electrons. The van der Waals surface area contributed by atoms with Crippen molar-refractivity contribution in [1.82, 2.24) is 0 Å². The van der Waals surface area contributed by atoms with Crippen LogP contribution in [0.2, 0.25) is 0 Å². The maximum Gasteiger partial charge on any atom is 0.0513 e. The Morgan fingerprint density at radius 1 is 1.43 bits per heavy atom. The van der Waals surface area contributed by atoms with Gasteiger partial charge in [-0.2, -0.15) is 0 Å². The van der Waals surface area contributed by atoms with Crippen molar-refractivity contribution >= 4 is 33.4 Å². The van der Waals surface area contributed by atoms with Gasteiger partial charge in [-0.3, -0.25) is 0 Å². The Hall–Kier alpha value is -0.150. The van der Waals surface area contributed by atoms with Crippen LogP contribution >= 0.6 is 27.7 Å². The fourth-order valence-corrected chi connectivity index (χ4v) is 3.52. The van der Waals surface area contributed by atoms with E-state index in [9.17, 15) is 0 Å². The summed E-state index contributed by atoms with van der Waals surface area (Å²) in [6, 6.07) is 6.50. The first-order valence-corrected chi connectivity index (χ1v) is 6.29. The smallest absolute Gasteiger partial charge is 0.0513 e. The lowest BCUT2D eigenvalue weighted by atomic mass is 10.1. The maximum absolute atomic E-state index is 3.51. The largest absolute Gasteiger partial charge is 0.372 e. The van der Waals surface area contributed by atoms with Crippen LogP contribution in [-0.4, -0.2) is 18.3 Å². The molecule has 1 nitrogen and oxygen atoms in total. The monoisotopic (exact) mass is 271 g/mol. The molecule has 1 aromatic rings. The normalized spacial score (nSPS) is 19.3. The minimum absolute atomic E-state index is 0.315. The maximum atomic E-state index is 3.51. The van der Waals surface area contributed by atoms with Gasteiger partial charge in [0, 0.05) is 27.7 Å². The Balaban J connectivity index is 2.45. The Morgan fingerprint density at radius 3 is 2.86 bits per heavy atom. The molecule has 0 radical (unpaired) electrons. The van der Waals surface area contributed by atoms with E-state index in [1.165, 1.54) is 10.6 Å². The zero-order valence-electron chi connectivity index (χ0n) is 8.67. The third-order valence-corrected chi connectivity index (χ3v) is 4.08. The first kappa shape index (κ1) is 10.4. The quantitative estimate of drug-likeness (QED) is 0.707. The van der Waals surface area contributed by atoms with E-state index in [4.69, 9.17) is 0 Å². The first-order chi connectivity index (χ1) is 6.48. The predicted octanol–water partition coefficient (Wildman–Crippen LogP) is 3.77. The van der Waals surface area contributed by atoms with Gasteiger partial charge in [-0.25, -0.2) is 0 Å². The molecule has 1 aliphatic rings. The lowest BCUT2D eigenvalue weighted by molar-refractivity contribution is 0.676. The summed E-state index contributed by atoms with van der Waals surface area (Å²) in [6.07, 6.45) is 0. The number of rotatable bonds is 0. The fourth-order valence-electron chi connectivity index (χ4n) is 1.86. The minimum Gasteiger partial charge on any atom is -0.372 e. The summed E-state index contributed by atoms with van der Waals surface area (Å²) >= 11 is 5.47. The standard InChI is InChI=1S/C11H14BrNS/c1-11(2)7-13(3)9-6-8(12)4-5-10(9)14-11/h4-6H,7H2,1-3H3. The molecule has 14 heavy (non-hydrogen) atoms. The summed E-state index contributed by atoms with van der Waals surface area (Å²) in [5.41, 5.74) is 1.34. The third kappa shape index (κ3) is 1.94. The van der Waals surface area contributed by atoms with E-state index in [1.54, 1.807) is 0 Å². The molecule has 0 amide bonds. The van der Waals surface area contributed by atoms with Crippen molar-refractivity contribution in [2.75, 3.05) is 18.5 Å². The number of nitrogens with zero attached hydrogens (tertiary/aromatic N) is 1. The zero-order chi connectivity index (χ0) is 10.3. The van der Waals surface area contributed by atoms with Crippen LogP contribution in [0.15, 0.2) is 27.6 Å². The highest BCUT2D eigenvalue weighted by Crippen LogP contribution is 2.44. The van der Waals surface area contributed by atoms with Gasteiger partial charge in [-0.1, -0.05) is 15.9 Å². The molecule has 0 fully saturated rings. The third-order valence-electron chi connectivity index (χ3n) is 2.34. The molecular weight excluding hydrogens is 258 g/mol. The molecule has 1 aromatic carbocycles. The van der Waals surface area contributed by atoms with Crippen LogP contribution in [0.1, 0.15) is 13.8 Å². The predicted molar refractivity (Wildman–Crippen MR) is 67.3 cm³/mol. The molecule has 0 bridgehead atoms. The van der Waals surface area contributed by atoms with Crippen LogP contribution in [0.3, 0.4) is 0 Å². The molecule has 0 unspecified atom stereocenters. The summed E-state index contributed by atoms with van der Waals surface area (Å²) < 4.78 is 1.47. The van der Waals surface area contributed by atoms with E-state index in [2.05, 4.69) is 59.9 Å². The molecule has 3 heteroatoms. The highest BCUT2D eigenvalue weighted by molar-refractivity contribution is 9.10. The lowest BCUT2D eigenvalue weighted by Crippen LogP contribution is -2.37. The zero-order valence-corrected chi connectivity index (χ0v) is 11.1. The van der Waals surface area contributed by atoms with Crippen molar-refractivity contribution in [3.8, 4) is 0 Å². The number of thioether (sulfide) groups is 1. The summed E-state index contributed by atoms with van der Waals surface area (Å²) in [5.74, 6) is 0. The number of halogens is 1. The summed E-state index contributed by atoms with van der Waals surface area (Å²) in [5, 5.41) is 0. The van der Waals surface area contributed by atoms with Gasteiger partial charge in [0.25, 0.3) is 0 Å². The number of fused-ring (bicyclic) bond motifs is 1. The van der Waals surface area contributed by atoms with Gasteiger partial charge in [0.05, 0.1) is 5.69 Å². The van der Waals surface area contributed by atoms with Crippen molar-refractivity contribution in [1.29, 1.82) is 0 Å². The number of hydrogen-bond acceptors (Lipinski definition) is 2. The van der Waals surface area contributed by atoms with Gasteiger partial charge in [-0.15, -0.1) is 11.8 Å². The van der Waals surface area contributed by atoms with Gasteiger partial charge in [0.15, 0.2) is 0 Å². The molecule has 2 rings (SSSR count). The molecule has 1 heterocycles. The van der Waals surface area contributed by atoms with Crippen molar-refractivity contribution < 1.29 is 0 Å². The number of benzene rings is 1. The van der Waals surface area contributed by atoms with E-state index in [1.807, 2.05) is 11.8 Å². The molecule has 1 aliphatic heterocycles. The van der Waals surface area contributed by atoms with E-state index in [-0.39, 0.29) is 0 Å². The second-order valence-corrected chi connectivity index (χ2v) is 6.99. The second-order valence-electron chi connectivity index (χ2n) is 4.33. The number of anilines is 1. The van der Waals surface area contributed by atoms with Gasteiger partial charge < -0.3 is 4.90 Å². The summed E-state index contributed by atoms with van der Waals surface area (Å²) in [6.45, 7) is 5.68. The molecular formula is C11H14BrNS. The van der Waals surface area contributed by atoms with Crippen molar-refractivity contribution in [2.24, 2.45) is 0 Å². The Kier molecular flexibility index (Phi) is 2.56. The average molecular weight is 272 g/mol. The molecule has 0 saturated carbocycles. The Bertz CT molecular complexity index is 362.